The predicted molar refractivity (Wildman–Crippen MR) is 102 cm³/mol. The van der Waals surface area contributed by atoms with E-state index >= 15 is 0 Å². The zero-order chi connectivity index (χ0) is 19.2. The Bertz CT molecular complexity index is 998. The first-order valence-corrected chi connectivity index (χ1v) is 8.21. The molecule has 2 aromatic carbocycles. The van der Waals surface area contributed by atoms with Crippen molar-refractivity contribution in [2.45, 2.75) is 0 Å². The molecule has 0 spiro atoms. The van der Waals surface area contributed by atoms with Crippen molar-refractivity contribution < 1.29 is 9.53 Å². The maximum Gasteiger partial charge on any atom is 0.258 e. The Hall–Kier alpha value is -3.63. The first-order chi connectivity index (χ1) is 13.1. The Kier molecular flexibility index (Phi) is 5.50. The highest BCUT2D eigenvalue weighted by atomic mass is 35.5. The second-order valence-electron chi connectivity index (χ2n) is 5.41. The first kappa shape index (κ1) is 18.2. The van der Waals surface area contributed by atoms with Crippen LogP contribution in [0.4, 0.5) is 17.3 Å². The molecule has 0 aliphatic carbocycles. The van der Waals surface area contributed by atoms with Gasteiger partial charge in [-0.05, 0) is 42.5 Å². The van der Waals surface area contributed by atoms with Crippen LogP contribution in [0.5, 0.6) is 5.75 Å². The van der Waals surface area contributed by atoms with Crippen molar-refractivity contribution in [3.05, 3.63) is 71.0 Å². The number of benzene rings is 2. The molecule has 134 valence electrons. The largest absolute Gasteiger partial charge is 0.495 e. The van der Waals surface area contributed by atoms with Crippen LogP contribution in [-0.4, -0.2) is 23.0 Å². The van der Waals surface area contributed by atoms with Gasteiger partial charge in [0.2, 0.25) is 5.95 Å². The molecule has 1 aromatic heterocycles. The molecule has 2 N–H and O–H groups in total. The number of nitrogens with one attached hydrogen (secondary N) is 2. The molecule has 0 aliphatic heterocycles. The number of carbonyl (C=O) groups is 1. The highest BCUT2D eigenvalue weighted by Crippen LogP contribution is 2.28. The summed E-state index contributed by atoms with van der Waals surface area (Å²) < 4.78 is 5.20. The van der Waals surface area contributed by atoms with E-state index in [1.54, 1.807) is 42.5 Å². The third-order valence-corrected chi connectivity index (χ3v) is 3.83. The smallest absolute Gasteiger partial charge is 0.258 e. The van der Waals surface area contributed by atoms with Gasteiger partial charge in [-0.25, -0.2) is 9.97 Å². The summed E-state index contributed by atoms with van der Waals surface area (Å²) in [6.45, 7) is 0. The lowest BCUT2D eigenvalue weighted by atomic mass is 10.2. The third kappa shape index (κ3) is 4.51. The minimum atomic E-state index is -0.388. The summed E-state index contributed by atoms with van der Waals surface area (Å²) in [5.74, 6) is 0.435. The average Bonchev–Trinajstić information content (AvgIpc) is 2.69. The van der Waals surface area contributed by atoms with Crippen molar-refractivity contribution in [2.24, 2.45) is 0 Å². The Morgan fingerprint density at radius 1 is 1.15 bits per heavy atom. The Labute approximate surface area is 160 Å². The minimum absolute atomic E-state index is 0.280. The minimum Gasteiger partial charge on any atom is -0.495 e. The molecule has 0 unspecified atom stereocenters. The van der Waals surface area contributed by atoms with Crippen LogP contribution in [0.25, 0.3) is 0 Å². The third-order valence-electron chi connectivity index (χ3n) is 3.59. The van der Waals surface area contributed by atoms with Crippen molar-refractivity contribution >= 4 is 34.8 Å². The van der Waals surface area contributed by atoms with E-state index in [-0.39, 0.29) is 11.5 Å². The number of nitriles is 1. The molecule has 0 atom stereocenters. The molecule has 0 saturated carbocycles. The van der Waals surface area contributed by atoms with Crippen molar-refractivity contribution in [1.82, 2.24) is 9.97 Å². The molecule has 0 radical (unpaired) electrons. The van der Waals surface area contributed by atoms with E-state index < -0.39 is 0 Å². The molecule has 1 heterocycles. The van der Waals surface area contributed by atoms with Crippen LogP contribution in [0.3, 0.4) is 0 Å². The van der Waals surface area contributed by atoms with Crippen LogP contribution in [0, 0.1) is 11.3 Å². The molecular formula is C19H14ClN5O2. The van der Waals surface area contributed by atoms with Crippen LogP contribution in [0.1, 0.15) is 15.9 Å². The Morgan fingerprint density at radius 2 is 1.85 bits per heavy atom. The first-order valence-electron chi connectivity index (χ1n) is 7.83. The van der Waals surface area contributed by atoms with Gasteiger partial charge in [0.1, 0.15) is 5.75 Å². The number of carbonyl (C=O) groups excluding carboxylic acids is 1. The zero-order valence-corrected chi connectivity index (χ0v) is 15.0. The predicted octanol–water partition coefficient (Wildman–Crippen LogP) is 4.01. The number of anilines is 3. The summed E-state index contributed by atoms with van der Waals surface area (Å²) in [7, 11) is 1.51. The maximum atomic E-state index is 12.4. The molecular weight excluding hydrogens is 366 g/mol. The maximum absolute atomic E-state index is 12.4. The molecule has 7 nitrogen and oxygen atoms in total. The number of aromatic nitrogens is 2. The van der Waals surface area contributed by atoms with E-state index in [0.717, 1.165) is 5.69 Å². The molecule has 27 heavy (non-hydrogen) atoms. The number of methoxy groups -OCH3 is 1. The fourth-order valence-electron chi connectivity index (χ4n) is 2.24. The van der Waals surface area contributed by atoms with E-state index in [0.29, 0.717) is 28.0 Å². The normalized spacial score (nSPS) is 9.96. The fourth-order valence-corrected chi connectivity index (χ4v) is 2.41. The second-order valence-corrected chi connectivity index (χ2v) is 5.84. The quantitative estimate of drug-likeness (QED) is 0.694. The van der Waals surface area contributed by atoms with E-state index in [1.807, 2.05) is 6.07 Å². The second kappa shape index (κ2) is 8.17. The molecule has 3 rings (SSSR count). The van der Waals surface area contributed by atoms with Gasteiger partial charge in [0.15, 0.2) is 0 Å². The van der Waals surface area contributed by atoms with Gasteiger partial charge in [0, 0.05) is 23.1 Å². The van der Waals surface area contributed by atoms with Crippen LogP contribution >= 0.6 is 11.6 Å². The summed E-state index contributed by atoms with van der Waals surface area (Å²) in [6, 6.07) is 13.8. The lowest BCUT2D eigenvalue weighted by molar-refractivity contribution is 0.102. The van der Waals surface area contributed by atoms with Crippen LogP contribution in [-0.2, 0) is 0 Å². The molecule has 0 saturated heterocycles. The highest BCUT2D eigenvalue weighted by Gasteiger charge is 2.11. The molecule has 0 aliphatic rings. The van der Waals surface area contributed by atoms with Gasteiger partial charge in [0.05, 0.1) is 30.0 Å². The van der Waals surface area contributed by atoms with Crippen molar-refractivity contribution in [1.29, 1.82) is 5.26 Å². The van der Waals surface area contributed by atoms with E-state index in [9.17, 15) is 4.79 Å². The summed E-state index contributed by atoms with van der Waals surface area (Å²) in [5.41, 5.74) is 2.02. The van der Waals surface area contributed by atoms with Gasteiger partial charge in [-0.1, -0.05) is 11.6 Å². The Morgan fingerprint density at radius 3 is 2.48 bits per heavy atom. The summed E-state index contributed by atoms with van der Waals surface area (Å²) >= 11 is 5.96. The van der Waals surface area contributed by atoms with Crippen LogP contribution in [0.15, 0.2) is 54.9 Å². The van der Waals surface area contributed by atoms with Gasteiger partial charge in [-0.3, -0.25) is 4.79 Å². The van der Waals surface area contributed by atoms with Crippen LogP contribution in [0.2, 0.25) is 5.02 Å². The SMILES string of the molecule is COc1ccc(Cl)cc1NC(=O)c1cnc(Nc2ccc(C#N)cc2)nc1. The number of ether oxygens (including phenoxy) is 1. The lowest BCUT2D eigenvalue weighted by Crippen LogP contribution is -2.13. The van der Waals surface area contributed by atoms with Gasteiger partial charge in [-0.2, -0.15) is 5.26 Å². The number of amides is 1. The van der Waals surface area contributed by atoms with Crippen LogP contribution < -0.4 is 15.4 Å². The summed E-state index contributed by atoms with van der Waals surface area (Å²) in [6.07, 6.45) is 2.82. The van der Waals surface area contributed by atoms with E-state index in [1.165, 1.54) is 19.5 Å². The Balaban J connectivity index is 1.70. The number of hydrogen-bond donors (Lipinski definition) is 2. The van der Waals surface area contributed by atoms with Gasteiger partial charge in [0.25, 0.3) is 5.91 Å². The average molecular weight is 380 g/mol. The van der Waals surface area contributed by atoms with Gasteiger partial charge >= 0.3 is 0 Å². The van der Waals surface area contributed by atoms with E-state index in [2.05, 4.69) is 20.6 Å². The highest BCUT2D eigenvalue weighted by molar-refractivity contribution is 6.31. The number of hydrogen-bond acceptors (Lipinski definition) is 6. The summed E-state index contributed by atoms with van der Waals surface area (Å²) in [4.78, 5) is 20.7. The lowest BCUT2D eigenvalue weighted by Gasteiger charge is -2.10. The topological polar surface area (TPSA) is 99.9 Å². The number of halogens is 1. The van der Waals surface area contributed by atoms with Crippen molar-refractivity contribution in [2.75, 3.05) is 17.7 Å². The number of nitrogens with zero attached hydrogens (tertiary/aromatic N) is 3. The monoisotopic (exact) mass is 379 g/mol. The van der Waals surface area contributed by atoms with Crippen molar-refractivity contribution in [3.8, 4) is 11.8 Å². The standard InChI is InChI=1S/C19H14ClN5O2/c1-27-17-7-4-14(20)8-16(17)25-18(26)13-10-22-19(23-11-13)24-15-5-2-12(9-21)3-6-15/h2-8,10-11H,1H3,(H,25,26)(H,22,23,24). The fraction of sp³-hybridized carbons (Fsp3) is 0.0526. The van der Waals surface area contributed by atoms with Gasteiger partial charge in [-0.15, -0.1) is 0 Å². The molecule has 3 aromatic rings. The summed E-state index contributed by atoms with van der Waals surface area (Å²) in [5, 5.41) is 15.0. The molecule has 1 amide bonds. The molecule has 0 bridgehead atoms. The zero-order valence-electron chi connectivity index (χ0n) is 14.2. The van der Waals surface area contributed by atoms with E-state index in [4.69, 9.17) is 21.6 Å². The number of rotatable bonds is 5. The van der Waals surface area contributed by atoms with Gasteiger partial charge < -0.3 is 15.4 Å². The molecule has 8 heteroatoms. The molecule has 0 fully saturated rings. The van der Waals surface area contributed by atoms with Crippen molar-refractivity contribution in [3.63, 3.8) is 0 Å².